The fraction of sp³-hybridized carbons (Fsp3) is 0.235. The van der Waals surface area contributed by atoms with Crippen molar-refractivity contribution in [2.45, 2.75) is 0 Å². The van der Waals surface area contributed by atoms with Gasteiger partial charge in [-0.05, 0) is 17.7 Å². The number of hydrogen-bond donors (Lipinski definition) is 3. The Morgan fingerprint density at radius 2 is 2.04 bits per heavy atom. The molecule has 1 aliphatic heterocycles. The van der Waals surface area contributed by atoms with Crippen LogP contribution in [0.5, 0.6) is 0 Å². The average Bonchev–Trinajstić information content (AvgIpc) is 3.18. The molecule has 0 unspecified atom stereocenters. The predicted molar refractivity (Wildman–Crippen MR) is 98.5 cm³/mol. The predicted octanol–water partition coefficient (Wildman–Crippen LogP) is 1.75. The maximum atomic E-state index is 12.5. The molecule has 3 rings (SSSR count). The highest BCUT2D eigenvalue weighted by Gasteiger charge is 2.18. The molecule has 0 atom stereocenters. The molecule has 8 nitrogen and oxygen atoms in total. The van der Waals surface area contributed by atoms with Gasteiger partial charge in [-0.3, -0.25) is 14.8 Å². The Hall–Kier alpha value is -2.75. The second kappa shape index (κ2) is 8.56. The van der Waals surface area contributed by atoms with Crippen molar-refractivity contribution in [1.29, 1.82) is 0 Å². The summed E-state index contributed by atoms with van der Waals surface area (Å²) >= 11 is 1.33. The zero-order chi connectivity index (χ0) is 18.4. The minimum absolute atomic E-state index is 0.269. The van der Waals surface area contributed by atoms with E-state index in [4.69, 9.17) is 9.94 Å². The second-order valence-electron chi connectivity index (χ2n) is 5.46. The Labute approximate surface area is 154 Å². The van der Waals surface area contributed by atoms with E-state index in [9.17, 15) is 9.59 Å². The molecule has 9 heteroatoms. The number of carbonyl (C=O) groups is 2. The van der Waals surface area contributed by atoms with Crippen LogP contribution in [0.2, 0.25) is 0 Å². The molecule has 0 radical (unpaired) electrons. The smallest absolute Gasteiger partial charge is 0.267 e. The summed E-state index contributed by atoms with van der Waals surface area (Å²) in [5, 5.41) is 12.2. The number of nitrogens with one attached hydrogen (secondary N) is 2. The van der Waals surface area contributed by atoms with E-state index in [1.165, 1.54) is 29.0 Å². The lowest BCUT2D eigenvalue weighted by Crippen LogP contribution is -2.36. The van der Waals surface area contributed by atoms with E-state index in [1.807, 2.05) is 0 Å². The van der Waals surface area contributed by atoms with Gasteiger partial charge in [0.05, 0.1) is 19.4 Å². The van der Waals surface area contributed by atoms with Crippen LogP contribution in [0.25, 0.3) is 6.08 Å². The highest BCUT2D eigenvalue weighted by Crippen LogP contribution is 2.25. The first-order valence-electron chi connectivity index (χ1n) is 7.98. The Morgan fingerprint density at radius 1 is 1.27 bits per heavy atom. The first-order chi connectivity index (χ1) is 12.7. The van der Waals surface area contributed by atoms with Crippen molar-refractivity contribution in [2.24, 2.45) is 0 Å². The lowest BCUT2D eigenvalue weighted by Gasteiger charge is -2.25. The fourth-order valence-electron chi connectivity index (χ4n) is 2.41. The lowest BCUT2D eigenvalue weighted by atomic mass is 10.1. The molecule has 1 aliphatic rings. The van der Waals surface area contributed by atoms with Gasteiger partial charge in [0.25, 0.3) is 11.8 Å². The number of carbonyl (C=O) groups excluding carboxylic acids is 2. The zero-order valence-corrected chi connectivity index (χ0v) is 14.7. The van der Waals surface area contributed by atoms with Gasteiger partial charge >= 0.3 is 0 Å². The van der Waals surface area contributed by atoms with Crippen LogP contribution in [-0.2, 0) is 9.53 Å². The molecule has 0 spiro atoms. The van der Waals surface area contributed by atoms with E-state index in [0.717, 1.165) is 18.2 Å². The molecule has 136 valence electrons. The molecular weight excluding hydrogens is 356 g/mol. The first kappa shape index (κ1) is 18.1. The van der Waals surface area contributed by atoms with Crippen LogP contribution in [-0.4, -0.2) is 48.3 Å². The van der Waals surface area contributed by atoms with Crippen molar-refractivity contribution in [1.82, 2.24) is 10.5 Å². The maximum Gasteiger partial charge on any atom is 0.267 e. The van der Waals surface area contributed by atoms with Gasteiger partial charge in [0.15, 0.2) is 5.13 Å². The number of hydroxylamine groups is 1. The minimum atomic E-state index is -0.649. The number of rotatable bonds is 5. The molecule has 1 fully saturated rings. The standard InChI is InChI=1S/C17H18N4O4S/c22-15(20-24)6-5-12-3-1-2-4-13(12)19-16(23)14-11-18-17(26-14)21-7-9-25-10-8-21/h1-6,11,24H,7-10H2,(H,19,23)(H,20,22). The van der Waals surface area contributed by atoms with E-state index >= 15 is 0 Å². The molecule has 2 aromatic rings. The summed E-state index contributed by atoms with van der Waals surface area (Å²) in [6.07, 6.45) is 4.24. The number of aromatic nitrogens is 1. The fourth-order valence-corrected chi connectivity index (χ4v) is 3.28. The van der Waals surface area contributed by atoms with Crippen LogP contribution in [0, 0.1) is 0 Å². The highest BCUT2D eigenvalue weighted by atomic mass is 32.1. The summed E-state index contributed by atoms with van der Waals surface area (Å²) in [7, 11) is 0. The summed E-state index contributed by atoms with van der Waals surface area (Å²) in [5.41, 5.74) is 2.72. The number of morpholine rings is 1. The van der Waals surface area contributed by atoms with Crippen LogP contribution >= 0.6 is 11.3 Å². The number of amides is 2. The number of para-hydroxylation sites is 1. The Balaban J connectivity index is 1.71. The molecule has 3 N–H and O–H groups in total. The van der Waals surface area contributed by atoms with Crippen molar-refractivity contribution in [2.75, 3.05) is 36.5 Å². The van der Waals surface area contributed by atoms with E-state index in [2.05, 4.69) is 15.2 Å². The molecule has 2 heterocycles. The molecule has 0 aliphatic carbocycles. The van der Waals surface area contributed by atoms with Gasteiger partial charge in [0.2, 0.25) is 0 Å². The van der Waals surface area contributed by atoms with Crippen LogP contribution in [0.1, 0.15) is 15.2 Å². The molecule has 26 heavy (non-hydrogen) atoms. The molecule has 0 saturated carbocycles. The second-order valence-corrected chi connectivity index (χ2v) is 6.47. The number of anilines is 2. The van der Waals surface area contributed by atoms with Crippen molar-refractivity contribution in [3.63, 3.8) is 0 Å². The highest BCUT2D eigenvalue weighted by molar-refractivity contribution is 7.17. The summed E-state index contributed by atoms with van der Waals surface area (Å²) in [4.78, 5) is 30.6. The van der Waals surface area contributed by atoms with Gasteiger partial charge in [0.1, 0.15) is 4.88 Å². The quantitative estimate of drug-likeness (QED) is 0.418. The molecule has 1 saturated heterocycles. The number of benzene rings is 1. The third-order valence-corrected chi connectivity index (χ3v) is 4.79. The van der Waals surface area contributed by atoms with E-state index in [0.29, 0.717) is 29.3 Å². The Bertz CT molecular complexity index is 815. The number of hydrogen-bond acceptors (Lipinski definition) is 7. The van der Waals surface area contributed by atoms with Crippen molar-refractivity contribution < 1.29 is 19.5 Å². The average molecular weight is 374 g/mol. The largest absolute Gasteiger partial charge is 0.378 e. The number of nitrogens with zero attached hydrogens (tertiary/aromatic N) is 2. The summed E-state index contributed by atoms with van der Waals surface area (Å²) in [6, 6.07) is 7.06. The monoisotopic (exact) mass is 374 g/mol. The Kier molecular flexibility index (Phi) is 5.95. The molecule has 1 aromatic carbocycles. The molecule has 2 amide bonds. The normalized spacial score (nSPS) is 14.4. The maximum absolute atomic E-state index is 12.5. The van der Waals surface area contributed by atoms with Gasteiger partial charge in [0, 0.05) is 24.9 Å². The molecule has 0 bridgehead atoms. The minimum Gasteiger partial charge on any atom is -0.378 e. The number of ether oxygens (including phenoxy) is 1. The van der Waals surface area contributed by atoms with Crippen molar-refractivity contribution in [3.05, 3.63) is 47.0 Å². The van der Waals surface area contributed by atoms with Gasteiger partial charge in [-0.2, -0.15) is 0 Å². The summed E-state index contributed by atoms with van der Waals surface area (Å²) in [6.45, 7) is 2.83. The molecular formula is C17H18N4O4S. The van der Waals surface area contributed by atoms with Crippen molar-refractivity contribution in [3.8, 4) is 0 Å². The topological polar surface area (TPSA) is 104 Å². The van der Waals surface area contributed by atoms with Crippen LogP contribution in [0.15, 0.2) is 36.5 Å². The van der Waals surface area contributed by atoms with Gasteiger partial charge in [-0.15, -0.1) is 0 Å². The van der Waals surface area contributed by atoms with E-state index < -0.39 is 5.91 Å². The summed E-state index contributed by atoms with van der Waals surface area (Å²) < 4.78 is 5.32. The van der Waals surface area contributed by atoms with E-state index in [1.54, 1.807) is 30.5 Å². The summed E-state index contributed by atoms with van der Waals surface area (Å²) in [5.74, 6) is -0.918. The number of thiazole rings is 1. The SMILES string of the molecule is O=C(C=Cc1ccccc1NC(=O)c1cnc(N2CCOCC2)s1)NO. The van der Waals surface area contributed by atoms with Crippen LogP contribution < -0.4 is 15.7 Å². The van der Waals surface area contributed by atoms with E-state index in [-0.39, 0.29) is 5.91 Å². The Morgan fingerprint density at radius 3 is 2.81 bits per heavy atom. The van der Waals surface area contributed by atoms with Crippen LogP contribution in [0.3, 0.4) is 0 Å². The zero-order valence-electron chi connectivity index (χ0n) is 13.8. The van der Waals surface area contributed by atoms with Gasteiger partial charge in [-0.25, -0.2) is 10.5 Å². The third-order valence-electron chi connectivity index (χ3n) is 3.73. The molecule has 1 aromatic heterocycles. The first-order valence-corrected chi connectivity index (χ1v) is 8.80. The van der Waals surface area contributed by atoms with Gasteiger partial charge < -0.3 is 15.0 Å². The lowest BCUT2D eigenvalue weighted by molar-refractivity contribution is -0.124. The van der Waals surface area contributed by atoms with Crippen molar-refractivity contribution >= 4 is 40.0 Å². The van der Waals surface area contributed by atoms with Gasteiger partial charge in [-0.1, -0.05) is 29.5 Å². The van der Waals surface area contributed by atoms with Crippen LogP contribution in [0.4, 0.5) is 10.8 Å². The third kappa shape index (κ3) is 4.45.